The van der Waals surface area contributed by atoms with E-state index in [-0.39, 0.29) is 5.91 Å². The van der Waals surface area contributed by atoms with E-state index in [0.29, 0.717) is 19.2 Å². The number of hydrogen-bond acceptors (Lipinski definition) is 3. The highest BCUT2D eigenvalue weighted by Gasteiger charge is 2.47. The Hall–Kier alpha value is -1.10. The van der Waals surface area contributed by atoms with Gasteiger partial charge >= 0.3 is 0 Å². The Morgan fingerprint density at radius 3 is 3.14 bits per heavy atom. The molecule has 5 nitrogen and oxygen atoms in total. The van der Waals surface area contributed by atoms with E-state index < -0.39 is 5.54 Å². The van der Waals surface area contributed by atoms with Gasteiger partial charge in [-0.3, -0.25) is 15.1 Å². The summed E-state index contributed by atoms with van der Waals surface area (Å²) in [4.78, 5) is 15.9. The third-order valence-electron chi connectivity index (χ3n) is 2.54. The van der Waals surface area contributed by atoms with Crippen molar-refractivity contribution in [2.24, 2.45) is 4.99 Å². The van der Waals surface area contributed by atoms with Crippen LogP contribution in [0.1, 0.15) is 19.8 Å². The molecule has 1 atom stereocenters. The lowest BCUT2D eigenvalue weighted by atomic mass is 10.00. The average molecular weight is 197 g/mol. The number of rotatable bonds is 2. The maximum Gasteiger partial charge on any atom is 0.254 e. The zero-order valence-electron chi connectivity index (χ0n) is 8.30. The second kappa shape index (κ2) is 3.57. The van der Waals surface area contributed by atoms with Crippen molar-refractivity contribution in [3.8, 4) is 0 Å². The van der Waals surface area contributed by atoms with E-state index in [2.05, 4.69) is 22.5 Å². The summed E-state index contributed by atoms with van der Waals surface area (Å²) in [5, 5.41) is 5.86. The first kappa shape index (κ1) is 9.45. The van der Waals surface area contributed by atoms with Crippen LogP contribution >= 0.6 is 0 Å². The smallest absolute Gasteiger partial charge is 0.254 e. The molecule has 0 aromatic heterocycles. The number of aliphatic imine (C=N–C) groups is 1. The highest BCUT2D eigenvalue weighted by Crippen LogP contribution is 2.21. The molecule has 0 aromatic carbocycles. The molecule has 2 fully saturated rings. The molecule has 78 valence electrons. The molecular weight excluding hydrogens is 182 g/mol. The lowest BCUT2D eigenvalue weighted by Gasteiger charge is -2.16. The molecule has 5 heteroatoms. The maximum atomic E-state index is 11.6. The third kappa shape index (κ3) is 1.48. The monoisotopic (exact) mass is 197 g/mol. The van der Waals surface area contributed by atoms with Crippen LogP contribution in [0.2, 0.25) is 0 Å². The summed E-state index contributed by atoms with van der Waals surface area (Å²) in [5.41, 5.74) is -0.535. The van der Waals surface area contributed by atoms with E-state index in [4.69, 9.17) is 4.74 Å². The zero-order valence-corrected chi connectivity index (χ0v) is 8.30. The van der Waals surface area contributed by atoms with Crippen molar-refractivity contribution in [1.29, 1.82) is 0 Å². The second-order valence-electron chi connectivity index (χ2n) is 3.69. The number of carbonyl (C=O) groups is 1. The fourth-order valence-electron chi connectivity index (χ4n) is 1.69. The van der Waals surface area contributed by atoms with Crippen molar-refractivity contribution in [3.05, 3.63) is 0 Å². The first-order valence-corrected chi connectivity index (χ1v) is 4.99. The van der Waals surface area contributed by atoms with Gasteiger partial charge in [0.25, 0.3) is 5.91 Å². The summed E-state index contributed by atoms with van der Waals surface area (Å²) < 4.78 is 5.23. The van der Waals surface area contributed by atoms with Gasteiger partial charge in [0.15, 0.2) is 5.96 Å². The van der Waals surface area contributed by atoms with E-state index in [1.165, 1.54) is 0 Å². The number of amides is 1. The van der Waals surface area contributed by atoms with Gasteiger partial charge in [0, 0.05) is 19.6 Å². The fourth-order valence-corrected chi connectivity index (χ4v) is 1.69. The molecule has 2 aliphatic rings. The number of nitrogens with one attached hydrogen (secondary N) is 2. The van der Waals surface area contributed by atoms with Crippen molar-refractivity contribution >= 4 is 11.9 Å². The molecule has 0 aliphatic carbocycles. The van der Waals surface area contributed by atoms with Crippen LogP contribution in [0.4, 0.5) is 0 Å². The van der Waals surface area contributed by atoms with Gasteiger partial charge in [0.2, 0.25) is 0 Å². The number of ether oxygens (including phenoxy) is 1. The van der Waals surface area contributed by atoms with Crippen molar-refractivity contribution in [2.75, 3.05) is 19.8 Å². The SMILES string of the molecule is CCCN=C1NC(=O)C2(CCOC2)N1. The fraction of sp³-hybridized carbons (Fsp3) is 0.778. The number of guanidine groups is 1. The lowest BCUT2D eigenvalue weighted by Crippen LogP contribution is -2.47. The molecule has 1 unspecified atom stereocenters. The largest absolute Gasteiger partial charge is 0.378 e. The van der Waals surface area contributed by atoms with Crippen LogP contribution in [0, 0.1) is 0 Å². The van der Waals surface area contributed by atoms with Gasteiger partial charge in [0.05, 0.1) is 6.61 Å². The number of nitrogens with zero attached hydrogens (tertiary/aromatic N) is 1. The first-order valence-electron chi connectivity index (χ1n) is 4.99. The van der Waals surface area contributed by atoms with E-state index in [9.17, 15) is 4.79 Å². The van der Waals surface area contributed by atoms with Gasteiger partial charge in [-0.15, -0.1) is 0 Å². The summed E-state index contributed by atoms with van der Waals surface area (Å²) in [6, 6.07) is 0. The van der Waals surface area contributed by atoms with Crippen molar-refractivity contribution in [1.82, 2.24) is 10.6 Å². The average Bonchev–Trinajstić information content (AvgIpc) is 2.74. The highest BCUT2D eigenvalue weighted by molar-refractivity contribution is 6.09. The van der Waals surface area contributed by atoms with Crippen LogP contribution in [0.5, 0.6) is 0 Å². The van der Waals surface area contributed by atoms with Crippen LogP contribution in [-0.2, 0) is 9.53 Å². The Labute approximate surface area is 82.9 Å². The maximum absolute atomic E-state index is 11.6. The minimum Gasteiger partial charge on any atom is -0.378 e. The Morgan fingerprint density at radius 2 is 2.50 bits per heavy atom. The quantitative estimate of drug-likeness (QED) is 0.635. The van der Waals surface area contributed by atoms with Gasteiger partial charge in [-0.05, 0) is 6.42 Å². The van der Waals surface area contributed by atoms with Gasteiger partial charge < -0.3 is 10.1 Å². The van der Waals surface area contributed by atoms with Gasteiger partial charge in [-0.2, -0.15) is 0 Å². The molecule has 0 radical (unpaired) electrons. The van der Waals surface area contributed by atoms with Crippen LogP contribution < -0.4 is 10.6 Å². The molecule has 2 heterocycles. The van der Waals surface area contributed by atoms with Crippen molar-refractivity contribution in [3.63, 3.8) is 0 Å². The molecule has 0 aromatic rings. The standard InChI is InChI=1S/C9H15N3O2/c1-2-4-10-8-11-7(13)9(12-8)3-5-14-6-9/h2-6H2,1H3,(H2,10,11,12,13). The molecule has 0 saturated carbocycles. The predicted octanol–water partition coefficient (Wildman–Crippen LogP) is -0.369. The van der Waals surface area contributed by atoms with Gasteiger partial charge in [-0.25, -0.2) is 0 Å². The van der Waals surface area contributed by atoms with E-state index in [1.807, 2.05) is 0 Å². The summed E-state index contributed by atoms with van der Waals surface area (Å²) in [6.45, 7) is 3.88. The van der Waals surface area contributed by atoms with Crippen molar-refractivity contribution < 1.29 is 9.53 Å². The third-order valence-corrected chi connectivity index (χ3v) is 2.54. The van der Waals surface area contributed by atoms with E-state index in [1.54, 1.807) is 0 Å². The van der Waals surface area contributed by atoms with Crippen molar-refractivity contribution in [2.45, 2.75) is 25.3 Å². The molecule has 1 amide bonds. The van der Waals surface area contributed by atoms with Crippen LogP contribution in [-0.4, -0.2) is 37.2 Å². The molecule has 1 spiro atoms. The molecule has 2 aliphatic heterocycles. The Kier molecular flexibility index (Phi) is 2.41. The van der Waals surface area contributed by atoms with Crippen LogP contribution in [0.3, 0.4) is 0 Å². The van der Waals surface area contributed by atoms with E-state index >= 15 is 0 Å². The zero-order chi connectivity index (χ0) is 10.0. The molecule has 2 saturated heterocycles. The number of carbonyl (C=O) groups excluding carboxylic acids is 1. The topological polar surface area (TPSA) is 62.7 Å². The summed E-state index contributed by atoms with van der Waals surface area (Å²) in [6.07, 6.45) is 1.70. The highest BCUT2D eigenvalue weighted by atomic mass is 16.5. The van der Waals surface area contributed by atoms with Crippen LogP contribution in [0.25, 0.3) is 0 Å². The summed E-state index contributed by atoms with van der Waals surface area (Å²) in [5.74, 6) is 0.590. The number of hydrogen-bond donors (Lipinski definition) is 2. The van der Waals surface area contributed by atoms with Crippen LogP contribution in [0.15, 0.2) is 4.99 Å². The van der Waals surface area contributed by atoms with Gasteiger partial charge in [0.1, 0.15) is 5.54 Å². The first-order chi connectivity index (χ1) is 6.77. The van der Waals surface area contributed by atoms with E-state index in [0.717, 1.165) is 19.4 Å². The Morgan fingerprint density at radius 1 is 1.64 bits per heavy atom. The molecule has 2 rings (SSSR count). The molecular formula is C9H15N3O2. The van der Waals surface area contributed by atoms with Gasteiger partial charge in [-0.1, -0.05) is 6.92 Å². The molecule has 14 heavy (non-hydrogen) atoms. The predicted molar refractivity (Wildman–Crippen MR) is 52.0 cm³/mol. The minimum absolute atomic E-state index is 0.00940. The molecule has 0 bridgehead atoms. The minimum atomic E-state index is -0.535. The summed E-state index contributed by atoms with van der Waals surface area (Å²) >= 11 is 0. The Bertz CT molecular complexity index is 269. The Balaban J connectivity index is 2.06. The lowest BCUT2D eigenvalue weighted by molar-refractivity contribution is -0.123. The normalized spacial score (nSPS) is 33.8. The second-order valence-corrected chi connectivity index (χ2v) is 3.69. The molecule has 2 N–H and O–H groups in total. The summed E-state index contributed by atoms with van der Waals surface area (Å²) in [7, 11) is 0.